The molecule has 0 aromatic heterocycles. The highest BCUT2D eigenvalue weighted by Gasteiger charge is 2.21. The molecule has 2 aromatic carbocycles. The number of carbonyl (C=O) groups excluding carboxylic acids is 1. The fourth-order valence-electron chi connectivity index (χ4n) is 2.63. The fraction of sp³-hybridized carbons (Fsp3) is 0.350. The zero-order valence-electron chi connectivity index (χ0n) is 16.2. The van der Waals surface area contributed by atoms with Crippen molar-refractivity contribution in [3.63, 3.8) is 0 Å². The van der Waals surface area contributed by atoms with Gasteiger partial charge in [-0.25, -0.2) is 0 Å². The van der Waals surface area contributed by atoms with Crippen LogP contribution in [0.2, 0.25) is 0 Å². The first-order valence-corrected chi connectivity index (χ1v) is 9.24. The van der Waals surface area contributed by atoms with Gasteiger partial charge in [0, 0.05) is 22.6 Å². The summed E-state index contributed by atoms with van der Waals surface area (Å²) in [7, 11) is 6.67. The zero-order chi connectivity index (χ0) is 20.0. The van der Waals surface area contributed by atoms with Crippen LogP contribution in [0.4, 0.5) is 5.69 Å². The van der Waals surface area contributed by atoms with Gasteiger partial charge in [-0.1, -0.05) is 15.9 Å². The average Bonchev–Trinajstić information content (AvgIpc) is 2.67. The summed E-state index contributed by atoms with van der Waals surface area (Å²) in [6, 6.07) is 10.7. The van der Waals surface area contributed by atoms with Gasteiger partial charge in [0.25, 0.3) is 0 Å². The Morgan fingerprint density at radius 3 is 2.37 bits per heavy atom. The molecule has 1 atom stereocenters. The number of amides is 1. The van der Waals surface area contributed by atoms with Crippen molar-refractivity contribution in [2.75, 3.05) is 33.7 Å². The number of nitrogens with zero attached hydrogens (tertiary/aromatic N) is 1. The predicted molar refractivity (Wildman–Crippen MR) is 110 cm³/mol. The minimum Gasteiger partial charge on any atom is -0.497 e. The molecule has 146 valence electrons. The van der Waals surface area contributed by atoms with Crippen LogP contribution >= 0.6 is 15.9 Å². The number of hydrogen-bond donors (Lipinski definition) is 1. The van der Waals surface area contributed by atoms with E-state index in [0.29, 0.717) is 23.7 Å². The van der Waals surface area contributed by atoms with Crippen LogP contribution in [0.3, 0.4) is 0 Å². The van der Waals surface area contributed by atoms with E-state index in [1.54, 1.807) is 39.5 Å². The summed E-state index contributed by atoms with van der Waals surface area (Å²) in [5.41, 5.74) is 1.56. The molecule has 0 heterocycles. The van der Waals surface area contributed by atoms with Gasteiger partial charge in [0.15, 0.2) is 0 Å². The van der Waals surface area contributed by atoms with Crippen LogP contribution in [-0.4, -0.2) is 45.2 Å². The SMILES string of the molecule is COc1ccc(OC)c(NC(=O)[C@H](C)N(C)Cc2cc(Br)ccc2OC)c1. The van der Waals surface area contributed by atoms with E-state index in [-0.39, 0.29) is 11.9 Å². The molecule has 0 saturated heterocycles. The van der Waals surface area contributed by atoms with Gasteiger partial charge in [-0.15, -0.1) is 0 Å². The highest BCUT2D eigenvalue weighted by atomic mass is 79.9. The quantitative estimate of drug-likeness (QED) is 0.678. The monoisotopic (exact) mass is 436 g/mol. The number of carbonyl (C=O) groups is 1. The van der Waals surface area contributed by atoms with Gasteiger partial charge in [0.2, 0.25) is 5.91 Å². The molecule has 6 nitrogen and oxygen atoms in total. The molecule has 0 radical (unpaired) electrons. The Morgan fingerprint density at radius 1 is 1.07 bits per heavy atom. The topological polar surface area (TPSA) is 60.0 Å². The smallest absolute Gasteiger partial charge is 0.241 e. The van der Waals surface area contributed by atoms with Crippen LogP contribution in [0.25, 0.3) is 0 Å². The van der Waals surface area contributed by atoms with Crippen LogP contribution in [0.15, 0.2) is 40.9 Å². The molecule has 0 saturated carbocycles. The maximum Gasteiger partial charge on any atom is 0.241 e. The molecule has 0 unspecified atom stereocenters. The number of ether oxygens (including phenoxy) is 3. The van der Waals surface area contributed by atoms with E-state index in [0.717, 1.165) is 15.8 Å². The van der Waals surface area contributed by atoms with Crippen LogP contribution in [0.1, 0.15) is 12.5 Å². The zero-order valence-corrected chi connectivity index (χ0v) is 17.8. The molecule has 2 aromatic rings. The largest absolute Gasteiger partial charge is 0.497 e. The van der Waals surface area contributed by atoms with E-state index in [1.165, 1.54) is 0 Å². The second kappa shape index (κ2) is 9.62. The lowest BCUT2D eigenvalue weighted by Gasteiger charge is -2.25. The van der Waals surface area contributed by atoms with Crippen LogP contribution in [0.5, 0.6) is 17.2 Å². The normalized spacial score (nSPS) is 11.8. The molecular formula is C20H25BrN2O4. The van der Waals surface area contributed by atoms with Crippen molar-refractivity contribution >= 4 is 27.5 Å². The molecule has 0 fully saturated rings. The van der Waals surface area contributed by atoms with Crippen LogP contribution in [0, 0.1) is 0 Å². The highest BCUT2D eigenvalue weighted by Crippen LogP contribution is 2.29. The standard InChI is InChI=1S/C20H25BrN2O4/c1-13(23(2)12-14-10-15(21)6-8-18(14)26-4)20(24)22-17-11-16(25-3)7-9-19(17)27-5/h6-11,13H,12H2,1-5H3,(H,22,24)/t13-/m0/s1. The van der Waals surface area contributed by atoms with E-state index >= 15 is 0 Å². The van der Waals surface area contributed by atoms with E-state index < -0.39 is 0 Å². The second-order valence-electron chi connectivity index (χ2n) is 6.10. The minimum absolute atomic E-state index is 0.141. The summed E-state index contributed by atoms with van der Waals surface area (Å²) in [5, 5.41) is 2.92. The fourth-order valence-corrected chi connectivity index (χ4v) is 3.03. The maximum atomic E-state index is 12.7. The Balaban J connectivity index is 2.12. The molecule has 0 bridgehead atoms. The van der Waals surface area contributed by atoms with Gasteiger partial charge in [-0.3, -0.25) is 9.69 Å². The second-order valence-corrected chi connectivity index (χ2v) is 7.02. The molecule has 7 heteroatoms. The third kappa shape index (κ3) is 5.37. The summed E-state index contributed by atoms with van der Waals surface area (Å²) in [4.78, 5) is 14.7. The van der Waals surface area contributed by atoms with Gasteiger partial charge in [-0.2, -0.15) is 0 Å². The Labute approximate surface area is 168 Å². The van der Waals surface area contributed by atoms with E-state index in [4.69, 9.17) is 14.2 Å². The summed E-state index contributed by atoms with van der Waals surface area (Å²) < 4.78 is 16.9. The highest BCUT2D eigenvalue weighted by molar-refractivity contribution is 9.10. The molecule has 1 amide bonds. The maximum absolute atomic E-state index is 12.7. The van der Waals surface area contributed by atoms with Gasteiger partial charge in [0.05, 0.1) is 33.1 Å². The lowest BCUT2D eigenvalue weighted by Crippen LogP contribution is -2.39. The van der Waals surface area contributed by atoms with Crippen LogP contribution in [-0.2, 0) is 11.3 Å². The molecule has 27 heavy (non-hydrogen) atoms. The lowest BCUT2D eigenvalue weighted by atomic mass is 10.1. The Bertz CT molecular complexity index is 798. The lowest BCUT2D eigenvalue weighted by molar-refractivity contribution is -0.120. The average molecular weight is 437 g/mol. The molecule has 0 aliphatic carbocycles. The molecular weight excluding hydrogens is 412 g/mol. The van der Waals surface area contributed by atoms with Crippen LogP contribution < -0.4 is 19.5 Å². The summed E-state index contributed by atoms with van der Waals surface area (Å²) in [6.07, 6.45) is 0. The minimum atomic E-state index is -0.371. The van der Waals surface area contributed by atoms with Crippen molar-refractivity contribution in [2.24, 2.45) is 0 Å². The van der Waals surface area contributed by atoms with Crippen molar-refractivity contribution in [1.29, 1.82) is 0 Å². The summed E-state index contributed by atoms with van der Waals surface area (Å²) in [6.45, 7) is 2.42. The number of rotatable bonds is 8. The molecule has 0 aliphatic heterocycles. The third-order valence-electron chi connectivity index (χ3n) is 4.37. The number of likely N-dealkylation sites (N-methyl/N-ethyl adjacent to an activating group) is 1. The number of halogens is 1. The van der Waals surface area contributed by atoms with Gasteiger partial charge >= 0.3 is 0 Å². The van der Waals surface area contributed by atoms with Gasteiger partial charge in [0.1, 0.15) is 17.2 Å². The van der Waals surface area contributed by atoms with E-state index in [2.05, 4.69) is 21.2 Å². The predicted octanol–water partition coefficient (Wildman–Crippen LogP) is 3.93. The van der Waals surface area contributed by atoms with Crippen molar-refractivity contribution in [3.05, 3.63) is 46.4 Å². The Hall–Kier alpha value is -2.25. The summed E-state index contributed by atoms with van der Waals surface area (Å²) >= 11 is 3.48. The van der Waals surface area contributed by atoms with Crippen molar-refractivity contribution in [3.8, 4) is 17.2 Å². The number of methoxy groups -OCH3 is 3. The van der Waals surface area contributed by atoms with Crippen molar-refractivity contribution in [1.82, 2.24) is 4.90 Å². The number of nitrogens with one attached hydrogen (secondary N) is 1. The third-order valence-corrected chi connectivity index (χ3v) is 4.86. The first-order valence-electron chi connectivity index (χ1n) is 8.45. The first-order chi connectivity index (χ1) is 12.9. The number of hydrogen-bond acceptors (Lipinski definition) is 5. The van der Waals surface area contributed by atoms with Crippen molar-refractivity contribution in [2.45, 2.75) is 19.5 Å². The molecule has 0 aliphatic rings. The summed E-state index contributed by atoms with van der Waals surface area (Å²) in [5.74, 6) is 1.86. The van der Waals surface area contributed by atoms with Crippen molar-refractivity contribution < 1.29 is 19.0 Å². The Kier molecular flexibility index (Phi) is 7.50. The number of anilines is 1. The Morgan fingerprint density at radius 2 is 1.74 bits per heavy atom. The van der Waals surface area contributed by atoms with E-state index in [1.807, 2.05) is 37.1 Å². The van der Waals surface area contributed by atoms with Gasteiger partial charge in [-0.05, 0) is 44.3 Å². The first kappa shape index (κ1) is 21.1. The van der Waals surface area contributed by atoms with E-state index in [9.17, 15) is 4.79 Å². The molecule has 0 spiro atoms. The van der Waals surface area contributed by atoms with Gasteiger partial charge < -0.3 is 19.5 Å². The molecule has 1 N–H and O–H groups in total. The molecule has 2 rings (SSSR count). The number of benzene rings is 2.